The lowest BCUT2D eigenvalue weighted by Gasteiger charge is -2.35. The summed E-state index contributed by atoms with van der Waals surface area (Å²) in [5.41, 5.74) is 0. The number of nitriles is 1. The van der Waals surface area contributed by atoms with Gasteiger partial charge in [0.15, 0.2) is 0 Å². The summed E-state index contributed by atoms with van der Waals surface area (Å²) in [5.74, 6) is 1.49. The third kappa shape index (κ3) is 3.43. The number of hydrogen-bond acceptors (Lipinski definition) is 3. The molecule has 96 valence electrons. The van der Waals surface area contributed by atoms with Gasteiger partial charge in [0.2, 0.25) is 0 Å². The monoisotopic (exact) mass is 235 g/mol. The number of nitrogens with zero attached hydrogens (tertiary/aromatic N) is 2. The van der Waals surface area contributed by atoms with Crippen LogP contribution in [0.1, 0.15) is 39.0 Å². The zero-order valence-corrected chi connectivity index (χ0v) is 11.0. The second-order valence-corrected chi connectivity index (χ2v) is 5.73. The first-order valence-electron chi connectivity index (χ1n) is 7.15. The normalized spacial score (nSPS) is 33.6. The Bertz CT molecular complexity index is 255. The molecule has 1 N–H and O–H groups in total. The second kappa shape index (κ2) is 6.37. The third-order valence-corrected chi connectivity index (χ3v) is 4.41. The number of rotatable bonds is 2. The Labute approximate surface area is 105 Å². The predicted octanol–water partition coefficient (Wildman–Crippen LogP) is 2.00. The van der Waals surface area contributed by atoms with Crippen molar-refractivity contribution in [1.29, 1.82) is 5.26 Å². The van der Waals surface area contributed by atoms with E-state index in [1.807, 2.05) is 0 Å². The van der Waals surface area contributed by atoms with Crippen LogP contribution in [0.3, 0.4) is 0 Å². The standard InChI is InChI=1S/C14H25N3/c1-12-3-5-13(6-4-12)14(11-15)17-9-2-7-16-8-10-17/h12-14,16H,2-10H2,1H3. The molecule has 3 nitrogen and oxygen atoms in total. The van der Waals surface area contributed by atoms with Crippen LogP contribution in [0.4, 0.5) is 0 Å². The van der Waals surface area contributed by atoms with E-state index >= 15 is 0 Å². The molecular formula is C14H25N3. The molecule has 0 radical (unpaired) electrons. The van der Waals surface area contributed by atoms with Crippen molar-refractivity contribution in [3.05, 3.63) is 0 Å². The molecule has 0 aromatic carbocycles. The Kier molecular flexibility index (Phi) is 4.82. The molecule has 2 rings (SSSR count). The lowest BCUT2D eigenvalue weighted by molar-refractivity contribution is 0.148. The highest BCUT2D eigenvalue weighted by atomic mass is 15.2. The molecule has 0 bridgehead atoms. The Morgan fingerprint density at radius 1 is 1.18 bits per heavy atom. The van der Waals surface area contributed by atoms with Crippen molar-refractivity contribution in [2.45, 2.75) is 45.1 Å². The van der Waals surface area contributed by atoms with Gasteiger partial charge < -0.3 is 5.32 Å². The van der Waals surface area contributed by atoms with Crippen molar-refractivity contribution in [3.63, 3.8) is 0 Å². The van der Waals surface area contributed by atoms with Crippen molar-refractivity contribution >= 4 is 0 Å². The minimum absolute atomic E-state index is 0.169. The van der Waals surface area contributed by atoms with E-state index in [2.05, 4.69) is 23.2 Å². The molecule has 3 heteroatoms. The summed E-state index contributed by atoms with van der Waals surface area (Å²) in [6.07, 6.45) is 6.32. The maximum atomic E-state index is 9.48. The molecule has 2 fully saturated rings. The van der Waals surface area contributed by atoms with Crippen molar-refractivity contribution in [2.24, 2.45) is 11.8 Å². The lowest BCUT2D eigenvalue weighted by Crippen LogP contribution is -2.42. The molecule has 1 unspecified atom stereocenters. The molecular weight excluding hydrogens is 210 g/mol. The quantitative estimate of drug-likeness (QED) is 0.795. The largest absolute Gasteiger partial charge is 0.315 e. The zero-order valence-electron chi connectivity index (χ0n) is 11.0. The van der Waals surface area contributed by atoms with Gasteiger partial charge in [-0.1, -0.05) is 19.8 Å². The first-order valence-corrected chi connectivity index (χ1v) is 7.15. The van der Waals surface area contributed by atoms with Gasteiger partial charge in [-0.3, -0.25) is 4.90 Å². The minimum atomic E-state index is 0.169. The third-order valence-electron chi connectivity index (χ3n) is 4.41. The molecule has 1 saturated carbocycles. The van der Waals surface area contributed by atoms with Crippen molar-refractivity contribution in [1.82, 2.24) is 10.2 Å². The van der Waals surface area contributed by atoms with E-state index in [0.717, 1.165) is 32.1 Å². The molecule has 1 aliphatic carbocycles. The van der Waals surface area contributed by atoms with Crippen LogP contribution in [0.15, 0.2) is 0 Å². The first kappa shape index (κ1) is 12.9. The van der Waals surface area contributed by atoms with Crippen LogP contribution < -0.4 is 5.32 Å². The fraction of sp³-hybridized carbons (Fsp3) is 0.929. The van der Waals surface area contributed by atoms with Gasteiger partial charge in [-0.2, -0.15) is 5.26 Å². The van der Waals surface area contributed by atoms with Gasteiger partial charge in [0.25, 0.3) is 0 Å². The van der Waals surface area contributed by atoms with E-state index in [1.165, 1.54) is 32.1 Å². The smallest absolute Gasteiger partial charge is 0.101 e. The SMILES string of the molecule is CC1CCC(C(C#N)N2CCCNCC2)CC1. The van der Waals surface area contributed by atoms with Gasteiger partial charge in [0, 0.05) is 19.6 Å². The van der Waals surface area contributed by atoms with Crippen LogP contribution in [0.25, 0.3) is 0 Å². The highest BCUT2D eigenvalue weighted by Crippen LogP contribution is 2.32. The fourth-order valence-corrected chi connectivity index (χ4v) is 3.23. The molecule has 0 aromatic rings. The maximum absolute atomic E-state index is 9.48. The number of nitrogens with one attached hydrogen (secondary N) is 1. The van der Waals surface area contributed by atoms with E-state index in [4.69, 9.17) is 0 Å². The molecule has 1 heterocycles. The van der Waals surface area contributed by atoms with Crippen LogP contribution in [-0.4, -0.2) is 37.1 Å². The van der Waals surface area contributed by atoms with Crippen molar-refractivity contribution < 1.29 is 0 Å². The Morgan fingerprint density at radius 2 is 1.94 bits per heavy atom. The van der Waals surface area contributed by atoms with E-state index in [1.54, 1.807) is 0 Å². The average molecular weight is 235 g/mol. The Hall–Kier alpha value is -0.590. The predicted molar refractivity (Wildman–Crippen MR) is 69.6 cm³/mol. The van der Waals surface area contributed by atoms with Gasteiger partial charge in [0.05, 0.1) is 6.07 Å². The zero-order chi connectivity index (χ0) is 12.1. The van der Waals surface area contributed by atoms with E-state index < -0.39 is 0 Å². The maximum Gasteiger partial charge on any atom is 0.101 e. The van der Waals surface area contributed by atoms with E-state index in [0.29, 0.717) is 5.92 Å². The van der Waals surface area contributed by atoms with Gasteiger partial charge in [0.1, 0.15) is 6.04 Å². The molecule has 1 atom stereocenters. The molecule has 1 saturated heterocycles. The summed E-state index contributed by atoms with van der Waals surface area (Å²) >= 11 is 0. The van der Waals surface area contributed by atoms with Gasteiger partial charge in [-0.15, -0.1) is 0 Å². The van der Waals surface area contributed by atoms with Crippen molar-refractivity contribution in [2.75, 3.05) is 26.2 Å². The molecule has 0 aromatic heterocycles. The molecule has 17 heavy (non-hydrogen) atoms. The van der Waals surface area contributed by atoms with Gasteiger partial charge in [-0.05, 0) is 37.6 Å². The number of hydrogen-bond donors (Lipinski definition) is 1. The summed E-state index contributed by atoms with van der Waals surface area (Å²) in [6, 6.07) is 2.75. The van der Waals surface area contributed by atoms with Crippen LogP contribution in [0.2, 0.25) is 0 Å². The van der Waals surface area contributed by atoms with Crippen molar-refractivity contribution in [3.8, 4) is 6.07 Å². The van der Waals surface area contributed by atoms with Crippen LogP contribution in [-0.2, 0) is 0 Å². The molecule has 0 amide bonds. The van der Waals surface area contributed by atoms with Crippen LogP contribution >= 0.6 is 0 Å². The summed E-state index contributed by atoms with van der Waals surface area (Å²) in [4.78, 5) is 2.42. The van der Waals surface area contributed by atoms with E-state index in [9.17, 15) is 5.26 Å². The second-order valence-electron chi connectivity index (χ2n) is 5.73. The highest BCUT2D eigenvalue weighted by molar-refractivity contribution is 4.98. The van der Waals surface area contributed by atoms with Crippen LogP contribution in [0, 0.1) is 23.2 Å². The average Bonchev–Trinajstić information content (AvgIpc) is 2.62. The Balaban J connectivity index is 1.93. The van der Waals surface area contributed by atoms with Gasteiger partial charge in [-0.25, -0.2) is 0 Å². The summed E-state index contributed by atoms with van der Waals surface area (Å²) in [6.45, 7) is 6.63. The first-order chi connectivity index (χ1) is 8.31. The highest BCUT2D eigenvalue weighted by Gasteiger charge is 2.30. The lowest BCUT2D eigenvalue weighted by atomic mass is 9.79. The van der Waals surface area contributed by atoms with E-state index in [-0.39, 0.29) is 6.04 Å². The summed E-state index contributed by atoms with van der Waals surface area (Å²) < 4.78 is 0. The molecule has 1 aliphatic heterocycles. The molecule has 2 aliphatic rings. The minimum Gasteiger partial charge on any atom is -0.315 e. The Morgan fingerprint density at radius 3 is 2.65 bits per heavy atom. The molecule has 0 spiro atoms. The fourth-order valence-electron chi connectivity index (χ4n) is 3.23. The summed E-state index contributed by atoms with van der Waals surface area (Å²) in [7, 11) is 0. The topological polar surface area (TPSA) is 39.1 Å². The van der Waals surface area contributed by atoms with Crippen LogP contribution in [0.5, 0.6) is 0 Å². The van der Waals surface area contributed by atoms with Gasteiger partial charge >= 0.3 is 0 Å². The summed E-state index contributed by atoms with van der Waals surface area (Å²) in [5, 5.41) is 12.9.